The van der Waals surface area contributed by atoms with Gasteiger partial charge in [-0.2, -0.15) is 0 Å². The summed E-state index contributed by atoms with van der Waals surface area (Å²) in [7, 11) is 0. The van der Waals surface area contributed by atoms with Crippen LogP contribution in [0.15, 0.2) is 18.2 Å². The van der Waals surface area contributed by atoms with E-state index in [0.29, 0.717) is 12.0 Å². The quantitative estimate of drug-likeness (QED) is 0.717. The van der Waals surface area contributed by atoms with Gasteiger partial charge in [-0.3, -0.25) is 0 Å². The summed E-state index contributed by atoms with van der Waals surface area (Å²) in [6.07, 6.45) is 8.06. The number of phenols is 2. The van der Waals surface area contributed by atoms with Gasteiger partial charge in [-0.15, -0.1) is 0 Å². The second-order valence-corrected chi connectivity index (χ2v) is 6.09. The minimum Gasteiger partial charge on any atom is -0.504 e. The molecular weight excluding hydrogens is 238 g/mol. The number of benzene rings is 1. The van der Waals surface area contributed by atoms with Gasteiger partial charge in [-0.05, 0) is 48.8 Å². The van der Waals surface area contributed by atoms with Crippen LogP contribution in [-0.2, 0) is 0 Å². The van der Waals surface area contributed by atoms with E-state index in [-0.39, 0.29) is 11.5 Å². The Morgan fingerprint density at radius 1 is 1.00 bits per heavy atom. The fourth-order valence-corrected chi connectivity index (χ4v) is 3.71. The first kappa shape index (κ1) is 12.8. The minimum atomic E-state index is -0.0291. The fourth-order valence-electron chi connectivity index (χ4n) is 3.71. The molecule has 0 radical (unpaired) electrons. The molecule has 1 aliphatic carbocycles. The number of hydrogen-bond acceptors (Lipinski definition) is 3. The molecule has 1 heterocycles. The lowest BCUT2D eigenvalue weighted by atomic mass is 9.81. The summed E-state index contributed by atoms with van der Waals surface area (Å²) in [4.78, 5) is 0. The van der Waals surface area contributed by atoms with Gasteiger partial charge in [0.1, 0.15) is 0 Å². The average Bonchev–Trinajstić information content (AvgIpc) is 2.93. The molecule has 1 saturated carbocycles. The molecule has 3 nitrogen and oxygen atoms in total. The Bertz CT molecular complexity index is 440. The molecule has 0 bridgehead atoms. The zero-order chi connectivity index (χ0) is 13.2. The molecule has 1 aliphatic heterocycles. The molecule has 104 valence electrons. The third-order valence-electron chi connectivity index (χ3n) is 4.85. The highest BCUT2D eigenvalue weighted by molar-refractivity contribution is 5.42. The maximum atomic E-state index is 9.60. The third kappa shape index (κ3) is 2.71. The summed E-state index contributed by atoms with van der Waals surface area (Å²) in [6.45, 7) is 0.991. The van der Waals surface area contributed by atoms with Gasteiger partial charge >= 0.3 is 0 Å². The van der Waals surface area contributed by atoms with Gasteiger partial charge in [0, 0.05) is 12.6 Å². The highest BCUT2D eigenvalue weighted by Gasteiger charge is 2.31. The van der Waals surface area contributed by atoms with Crippen LogP contribution in [0.5, 0.6) is 11.5 Å². The standard InChI is InChI=1S/C16H23NO2/c18-15-7-6-12(9-16(15)19)13-8-14(17-10-13)11-4-2-1-3-5-11/h6-7,9,11,13-14,17-19H,1-5,8,10H2. The van der Waals surface area contributed by atoms with Gasteiger partial charge in [-0.25, -0.2) is 0 Å². The molecule has 3 N–H and O–H groups in total. The van der Waals surface area contributed by atoms with Crippen LogP contribution in [0.4, 0.5) is 0 Å². The first-order chi connectivity index (χ1) is 9.24. The van der Waals surface area contributed by atoms with E-state index >= 15 is 0 Å². The van der Waals surface area contributed by atoms with Crippen LogP contribution >= 0.6 is 0 Å². The van der Waals surface area contributed by atoms with Crippen molar-refractivity contribution in [3.05, 3.63) is 23.8 Å². The number of aromatic hydroxyl groups is 2. The van der Waals surface area contributed by atoms with E-state index in [2.05, 4.69) is 5.32 Å². The van der Waals surface area contributed by atoms with E-state index in [1.807, 2.05) is 6.07 Å². The van der Waals surface area contributed by atoms with Crippen molar-refractivity contribution in [3.63, 3.8) is 0 Å². The second-order valence-electron chi connectivity index (χ2n) is 6.09. The van der Waals surface area contributed by atoms with Gasteiger partial charge < -0.3 is 15.5 Å². The molecule has 0 aromatic heterocycles. The van der Waals surface area contributed by atoms with Gasteiger partial charge in [0.2, 0.25) is 0 Å². The minimum absolute atomic E-state index is 0.00128. The van der Waals surface area contributed by atoms with Crippen LogP contribution in [-0.4, -0.2) is 22.8 Å². The highest BCUT2D eigenvalue weighted by atomic mass is 16.3. The van der Waals surface area contributed by atoms with Crippen LogP contribution in [0.2, 0.25) is 0 Å². The Balaban J connectivity index is 1.66. The topological polar surface area (TPSA) is 52.5 Å². The van der Waals surface area contributed by atoms with E-state index < -0.39 is 0 Å². The zero-order valence-corrected chi connectivity index (χ0v) is 11.3. The molecule has 0 amide bonds. The normalized spacial score (nSPS) is 28.6. The summed E-state index contributed by atoms with van der Waals surface area (Å²) in [6, 6.07) is 5.88. The van der Waals surface area contributed by atoms with E-state index in [1.165, 1.54) is 32.1 Å². The largest absolute Gasteiger partial charge is 0.504 e. The van der Waals surface area contributed by atoms with Gasteiger partial charge in [0.25, 0.3) is 0 Å². The maximum Gasteiger partial charge on any atom is 0.157 e. The Hall–Kier alpha value is -1.22. The first-order valence-corrected chi connectivity index (χ1v) is 7.49. The Kier molecular flexibility index (Phi) is 3.65. The van der Waals surface area contributed by atoms with E-state index in [9.17, 15) is 10.2 Å². The van der Waals surface area contributed by atoms with E-state index in [0.717, 1.165) is 24.4 Å². The molecular formula is C16H23NO2. The maximum absolute atomic E-state index is 9.60. The second kappa shape index (κ2) is 5.41. The van der Waals surface area contributed by atoms with Crippen molar-refractivity contribution >= 4 is 0 Å². The molecule has 1 saturated heterocycles. The first-order valence-electron chi connectivity index (χ1n) is 7.49. The molecule has 1 aromatic rings. The molecule has 0 spiro atoms. The molecule has 3 rings (SSSR count). The molecule has 2 fully saturated rings. The summed E-state index contributed by atoms with van der Waals surface area (Å²) < 4.78 is 0. The highest BCUT2D eigenvalue weighted by Crippen LogP contribution is 2.37. The lowest BCUT2D eigenvalue weighted by Gasteiger charge is -2.27. The number of phenolic OH excluding ortho intramolecular Hbond substituents is 2. The number of rotatable bonds is 2. The van der Waals surface area contributed by atoms with Crippen LogP contribution in [0.1, 0.15) is 50.0 Å². The van der Waals surface area contributed by atoms with E-state index in [4.69, 9.17) is 0 Å². The van der Waals surface area contributed by atoms with Crippen molar-refractivity contribution in [3.8, 4) is 11.5 Å². The SMILES string of the molecule is Oc1ccc(C2CNC(C3CCCCC3)C2)cc1O. The van der Waals surface area contributed by atoms with Crippen molar-refractivity contribution in [2.45, 2.75) is 50.5 Å². The van der Waals surface area contributed by atoms with Crippen molar-refractivity contribution < 1.29 is 10.2 Å². The van der Waals surface area contributed by atoms with Crippen molar-refractivity contribution in [1.29, 1.82) is 0 Å². The molecule has 2 atom stereocenters. The molecule has 2 unspecified atom stereocenters. The summed E-state index contributed by atoms with van der Waals surface area (Å²) in [5.41, 5.74) is 1.14. The molecule has 19 heavy (non-hydrogen) atoms. The smallest absolute Gasteiger partial charge is 0.157 e. The van der Waals surface area contributed by atoms with Crippen LogP contribution in [0.3, 0.4) is 0 Å². The monoisotopic (exact) mass is 261 g/mol. The molecule has 1 aromatic carbocycles. The summed E-state index contributed by atoms with van der Waals surface area (Å²) >= 11 is 0. The van der Waals surface area contributed by atoms with Crippen molar-refractivity contribution in [2.75, 3.05) is 6.54 Å². The summed E-state index contributed by atoms with van der Waals surface area (Å²) in [5, 5.41) is 22.6. The van der Waals surface area contributed by atoms with E-state index in [1.54, 1.807) is 12.1 Å². The predicted molar refractivity (Wildman–Crippen MR) is 75.5 cm³/mol. The molecule has 3 heteroatoms. The van der Waals surface area contributed by atoms with Crippen LogP contribution in [0.25, 0.3) is 0 Å². The Labute approximate surface area is 114 Å². The van der Waals surface area contributed by atoms with Crippen LogP contribution in [0, 0.1) is 5.92 Å². The number of hydrogen-bond donors (Lipinski definition) is 3. The fraction of sp³-hybridized carbons (Fsp3) is 0.625. The predicted octanol–water partition coefficient (Wildman–Crippen LogP) is 3.12. The Morgan fingerprint density at radius 2 is 1.79 bits per heavy atom. The lowest BCUT2D eigenvalue weighted by Crippen LogP contribution is -2.31. The lowest BCUT2D eigenvalue weighted by molar-refractivity contribution is 0.286. The van der Waals surface area contributed by atoms with Crippen molar-refractivity contribution in [2.24, 2.45) is 5.92 Å². The van der Waals surface area contributed by atoms with Crippen LogP contribution < -0.4 is 5.32 Å². The third-order valence-corrected chi connectivity index (χ3v) is 4.85. The number of nitrogens with one attached hydrogen (secondary N) is 1. The zero-order valence-electron chi connectivity index (χ0n) is 11.3. The summed E-state index contributed by atoms with van der Waals surface area (Å²) in [5.74, 6) is 1.28. The Morgan fingerprint density at radius 3 is 2.53 bits per heavy atom. The van der Waals surface area contributed by atoms with Gasteiger partial charge in [0.05, 0.1) is 0 Å². The molecule has 2 aliphatic rings. The van der Waals surface area contributed by atoms with Gasteiger partial charge in [0.15, 0.2) is 11.5 Å². The van der Waals surface area contributed by atoms with Gasteiger partial charge in [-0.1, -0.05) is 25.3 Å². The van der Waals surface area contributed by atoms with Crippen molar-refractivity contribution in [1.82, 2.24) is 5.32 Å². The average molecular weight is 261 g/mol.